The second-order valence-electron chi connectivity index (χ2n) is 4.15. The molecule has 0 aliphatic rings. The molecule has 0 spiro atoms. The van der Waals surface area contributed by atoms with Crippen LogP contribution in [0.2, 0.25) is 0 Å². The van der Waals surface area contributed by atoms with Crippen LogP contribution in [0.4, 0.5) is 0 Å². The van der Waals surface area contributed by atoms with Gasteiger partial charge < -0.3 is 5.32 Å². The molecule has 0 aromatic heterocycles. The minimum Gasteiger partial charge on any atom is -0.352 e. The van der Waals surface area contributed by atoms with Crippen molar-refractivity contribution in [1.82, 2.24) is 5.32 Å². The molecular weight excluding hydrogens is 182 g/mol. The van der Waals surface area contributed by atoms with Gasteiger partial charge in [0, 0.05) is 6.54 Å². The van der Waals surface area contributed by atoms with Crippen molar-refractivity contribution in [2.24, 2.45) is 5.41 Å². The largest absolute Gasteiger partial charge is 0.352 e. The molecule has 0 atom stereocenters. The Balaban J connectivity index is 3.42. The Bertz CT molecular complexity index is 172. The summed E-state index contributed by atoms with van der Waals surface area (Å²) in [5.74, 6) is 1.65. The highest BCUT2D eigenvalue weighted by Gasteiger charge is 2.10. The molecule has 0 aromatic rings. The van der Waals surface area contributed by atoms with Crippen molar-refractivity contribution >= 4 is 17.7 Å². The van der Waals surface area contributed by atoms with Gasteiger partial charge in [0.2, 0.25) is 5.91 Å². The highest BCUT2D eigenvalue weighted by molar-refractivity contribution is 7.99. The van der Waals surface area contributed by atoms with E-state index >= 15 is 0 Å². The SMILES string of the molecule is C=CCNC(=O)CSCC(C)(C)C. The van der Waals surface area contributed by atoms with Crippen molar-refractivity contribution in [3.05, 3.63) is 12.7 Å². The standard InChI is InChI=1S/C10H19NOS/c1-5-6-11-9(12)7-13-8-10(2,3)4/h5H,1,6-8H2,2-4H3,(H,11,12). The highest BCUT2D eigenvalue weighted by Crippen LogP contribution is 2.19. The van der Waals surface area contributed by atoms with Gasteiger partial charge in [-0.15, -0.1) is 6.58 Å². The second kappa shape index (κ2) is 6.08. The predicted octanol–water partition coefficient (Wildman–Crippen LogP) is 2.07. The Morgan fingerprint density at radius 3 is 2.62 bits per heavy atom. The summed E-state index contributed by atoms with van der Waals surface area (Å²) >= 11 is 1.67. The van der Waals surface area contributed by atoms with Gasteiger partial charge in [-0.05, 0) is 11.2 Å². The zero-order valence-corrected chi connectivity index (χ0v) is 9.54. The average Bonchev–Trinajstić information content (AvgIpc) is 1.98. The number of hydrogen-bond acceptors (Lipinski definition) is 2. The first-order chi connectivity index (χ1) is 5.95. The van der Waals surface area contributed by atoms with E-state index in [9.17, 15) is 4.79 Å². The smallest absolute Gasteiger partial charge is 0.230 e. The van der Waals surface area contributed by atoms with E-state index in [1.807, 2.05) is 0 Å². The molecule has 76 valence electrons. The van der Waals surface area contributed by atoms with Crippen molar-refractivity contribution in [1.29, 1.82) is 0 Å². The molecule has 13 heavy (non-hydrogen) atoms. The first-order valence-corrected chi connectivity index (χ1v) is 5.56. The van der Waals surface area contributed by atoms with Crippen molar-refractivity contribution in [3.8, 4) is 0 Å². The van der Waals surface area contributed by atoms with Crippen LogP contribution in [0.5, 0.6) is 0 Å². The Morgan fingerprint density at radius 1 is 1.54 bits per heavy atom. The normalized spacial score (nSPS) is 11.0. The van der Waals surface area contributed by atoms with Gasteiger partial charge in [0.25, 0.3) is 0 Å². The van der Waals surface area contributed by atoms with E-state index in [1.54, 1.807) is 17.8 Å². The molecule has 0 rings (SSSR count). The van der Waals surface area contributed by atoms with Gasteiger partial charge in [-0.1, -0.05) is 26.8 Å². The minimum atomic E-state index is 0.0918. The van der Waals surface area contributed by atoms with Crippen LogP contribution < -0.4 is 5.32 Å². The van der Waals surface area contributed by atoms with Crippen LogP contribution in [0.15, 0.2) is 12.7 Å². The number of carbonyl (C=O) groups excluding carboxylic acids is 1. The lowest BCUT2D eigenvalue weighted by molar-refractivity contribution is -0.118. The number of hydrogen-bond donors (Lipinski definition) is 1. The zero-order valence-electron chi connectivity index (χ0n) is 8.72. The van der Waals surface area contributed by atoms with Gasteiger partial charge in [0.15, 0.2) is 0 Å². The molecule has 0 aliphatic carbocycles. The Kier molecular flexibility index (Phi) is 5.88. The molecule has 0 aliphatic heterocycles. The molecule has 1 N–H and O–H groups in total. The van der Waals surface area contributed by atoms with Crippen LogP contribution in [-0.2, 0) is 4.79 Å². The van der Waals surface area contributed by atoms with Crippen molar-refractivity contribution in [2.45, 2.75) is 20.8 Å². The van der Waals surface area contributed by atoms with E-state index in [0.29, 0.717) is 17.7 Å². The van der Waals surface area contributed by atoms with E-state index < -0.39 is 0 Å². The van der Waals surface area contributed by atoms with Crippen LogP contribution in [0.3, 0.4) is 0 Å². The van der Waals surface area contributed by atoms with Gasteiger partial charge in [-0.25, -0.2) is 0 Å². The molecule has 2 nitrogen and oxygen atoms in total. The Labute approximate surface area is 85.2 Å². The third-order valence-electron chi connectivity index (χ3n) is 1.21. The summed E-state index contributed by atoms with van der Waals surface area (Å²) in [6, 6.07) is 0. The minimum absolute atomic E-state index is 0.0918. The monoisotopic (exact) mass is 201 g/mol. The molecule has 1 amide bonds. The molecule has 0 bridgehead atoms. The molecule has 0 heterocycles. The lowest BCUT2D eigenvalue weighted by Gasteiger charge is -2.16. The molecule has 3 heteroatoms. The summed E-state index contributed by atoms with van der Waals surface area (Å²) in [6.45, 7) is 10.6. The number of carbonyl (C=O) groups is 1. The molecule has 0 saturated carbocycles. The maximum Gasteiger partial charge on any atom is 0.230 e. The van der Waals surface area contributed by atoms with Crippen molar-refractivity contribution in [3.63, 3.8) is 0 Å². The van der Waals surface area contributed by atoms with Gasteiger partial charge in [-0.3, -0.25) is 4.79 Å². The highest BCUT2D eigenvalue weighted by atomic mass is 32.2. The molecule has 0 saturated heterocycles. The Hall–Kier alpha value is -0.440. The molecule has 0 fully saturated rings. The summed E-state index contributed by atoms with van der Waals surface area (Å²) in [5, 5.41) is 2.74. The molecule has 0 unspecified atom stereocenters. The maximum atomic E-state index is 11.1. The summed E-state index contributed by atoms with van der Waals surface area (Å²) in [7, 11) is 0. The van der Waals surface area contributed by atoms with E-state index in [-0.39, 0.29) is 5.91 Å². The van der Waals surface area contributed by atoms with Gasteiger partial charge >= 0.3 is 0 Å². The average molecular weight is 201 g/mol. The Morgan fingerprint density at radius 2 is 2.15 bits per heavy atom. The number of amides is 1. The van der Waals surface area contributed by atoms with Gasteiger partial charge in [0.1, 0.15) is 0 Å². The molecular formula is C10H19NOS. The van der Waals surface area contributed by atoms with Gasteiger partial charge in [0.05, 0.1) is 5.75 Å². The lowest BCUT2D eigenvalue weighted by atomic mass is 10.0. The lowest BCUT2D eigenvalue weighted by Crippen LogP contribution is -2.25. The summed E-state index contributed by atoms with van der Waals surface area (Å²) < 4.78 is 0. The van der Waals surface area contributed by atoms with Crippen LogP contribution in [0.1, 0.15) is 20.8 Å². The van der Waals surface area contributed by atoms with E-state index in [4.69, 9.17) is 0 Å². The van der Waals surface area contributed by atoms with Crippen LogP contribution in [0, 0.1) is 5.41 Å². The van der Waals surface area contributed by atoms with Crippen LogP contribution in [-0.4, -0.2) is 24.0 Å². The quantitative estimate of drug-likeness (QED) is 0.690. The second-order valence-corrected chi connectivity index (χ2v) is 5.13. The zero-order chi connectivity index (χ0) is 10.3. The molecule has 0 aromatic carbocycles. The van der Waals surface area contributed by atoms with Gasteiger partial charge in [-0.2, -0.15) is 11.8 Å². The topological polar surface area (TPSA) is 29.1 Å². The maximum absolute atomic E-state index is 11.1. The summed E-state index contributed by atoms with van der Waals surface area (Å²) in [6.07, 6.45) is 1.69. The van der Waals surface area contributed by atoms with Crippen molar-refractivity contribution < 1.29 is 4.79 Å². The summed E-state index contributed by atoms with van der Waals surface area (Å²) in [5.41, 5.74) is 0.295. The van der Waals surface area contributed by atoms with E-state index in [0.717, 1.165) is 5.75 Å². The summed E-state index contributed by atoms with van der Waals surface area (Å²) in [4.78, 5) is 11.1. The fourth-order valence-corrected chi connectivity index (χ4v) is 1.69. The number of rotatable bonds is 5. The number of nitrogens with one attached hydrogen (secondary N) is 1. The first-order valence-electron chi connectivity index (χ1n) is 4.41. The fraction of sp³-hybridized carbons (Fsp3) is 0.700. The third kappa shape index (κ3) is 9.47. The third-order valence-corrected chi connectivity index (χ3v) is 2.75. The van der Waals surface area contributed by atoms with E-state index in [1.165, 1.54) is 0 Å². The predicted molar refractivity (Wildman–Crippen MR) is 60.0 cm³/mol. The fourth-order valence-electron chi connectivity index (χ4n) is 0.687. The first kappa shape index (κ1) is 12.6. The van der Waals surface area contributed by atoms with Crippen molar-refractivity contribution in [2.75, 3.05) is 18.1 Å². The number of thioether (sulfide) groups is 1. The molecule has 0 radical (unpaired) electrons. The van der Waals surface area contributed by atoms with Crippen LogP contribution in [0.25, 0.3) is 0 Å². The van der Waals surface area contributed by atoms with Crippen LogP contribution >= 0.6 is 11.8 Å². The van der Waals surface area contributed by atoms with E-state index in [2.05, 4.69) is 32.7 Å².